The van der Waals surface area contributed by atoms with Gasteiger partial charge in [0.15, 0.2) is 0 Å². The Morgan fingerprint density at radius 2 is 0.986 bits per heavy atom. The first-order valence-corrected chi connectivity index (χ1v) is 26.8. The highest BCUT2D eigenvalue weighted by Crippen LogP contribution is 2.32. The molecule has 0 bridgehead atoms. The third-order valence-electron chi connectivity index (χ3n) is 11.8. The summed E-state index contributed by atoms with van der Waals surface area (Å²) in [6.45, 7) is 33.9. The van der Waals surface area contributed by atoms with Gasteiger partial charge in [-0.1, -0.05) is 106 Å². The SMILES string of the molecule is CC(C)(C)CC(=O)Cl.Cc1cc(Br)cc(C)c1N.Cc1cc(Br)cc(C)c1NC(=O)CC(C)(C)C.Cc1cc(N2CCc3cc(F)ccc3C2)cc(C)c1NC(=O)CC(C)(C)C.Cl.Fc1ccc2c(c1)CCNC2. The lowest BCUT2D eigenvalue weighted by Gasteiger charge is -2.31. The van der Waals surface area contributed by atoms with Gasteiger partial charge >= 0.3 is 0 Å². The first kappa shape index (κ1) is 65.8. The number of amides is 2. The molecular formula is C60H81Br2Cl2F2N5O3. The molecule has 7 rings (SSSR count). The van der Waals surface area contributed by atoms with Crippen LogP contribution in [0.15, 0.2) is 81.7 Å². The topological polar surface area (TPSA) is 117 Å². The zero-order chi connectivity index (χ0) is 55.2. The van der Waals surface area contributed by atoms with E-state index in [2.05, 4.69) is 106 Å². The molecule has 5 aromatic carbocycles. The van der Waals surface area contributed by atoms with Gasteiger partial charge in [0.05, 0.1) is 0 Å². The summed E-state index contributed by atoms with van der Waals surface area (Å²) in [5.74, 6) is -0.156. The molecule has 0 saturated heterocycles. The average molecular weight is 1190 g/mol. The van der Waals surface area contributed by atoms with E-state index in [0.29, 0.717) is 19.3 Å². The first-order chi connectivity index (χ1) is 33.7. The second kappa shape index (κ2) is 29.3. The number of nitrogens with zero attached hydrogens (tertiary/aromatic N) is 1. The molecule has 5 N–H and O–H groups in total. The number of hydrogen-bond donors (Lipinski definition) is 4. The maximum atomic E-state index is 13.4. The van der Waals surface area contributed by atoms with Crippen molar-refractivity contribution in [2.75, 3.05) is 34.4 Å². The van der Waals surface area contributed by atoms with Gasteiger partial charge in [-0.3, -0.25) is 14.4 Å². The number of nitrogens with two attached hydrogens (primary N) is 1. The van der Waals surface area contributed by atoms with Gasteiger partial charge in [-0.25, -0.2) is 8.78 Å². The Bertz CT molecular complexity index is 2640. The van der Waals surface area contributed by atoms with E-state index in [0.717, 1.165) is 115 Å². The van der Waals surface area contributed by atoms with Gasteiger partial charge in [-0.2, -0.15) is 0 Å². The smallest absolute Gasteiger partial charge is 0.224 e. The van der Waals surface area contributed by atoms with Gasteiger partial charge in [-0.05, 0) is 205 Å². The molecule has 5 aromatic rings. The van der Waals surface area contributed by atoms with Gasteiger partial charge in [-0.15, -0.1) is 12.4 Å². The predicted octanol–water partition coefficient (Wildman–Crippen LogP) is 16.5. The largest absolute Gasteiger partial charge is 0.398 e. The number of nitrogen functional groups attached to an aromatic ring is 1. The Balaban J connectivity index is 0.000000342. The summed E-state index contributed by atoms with van der Waals surface area (Å²) in [6, 6.07) is 22.4. The van der Waals surface area contributed by atoms with Crippen molar-refractivity contribution in [3.05, 3.63) is 149 Å². The second-order valence-corrected chi connectivity index (χ2v) is 25.2. The summed E-state index contributed by atoms with van der Waals surface area (Å²) in [6.07, 6.45) is 3.27. The van der Waals surface area contributed by atoms with E-state index in [4.69, 9.17) is 17.3 Å². The van der Waals surface area contributed by atoms with E-state index >= 15 is 0 Å². The van der Waals surface area contributed by atoms with Crippen LogP contribution in [-0.4, -0.2) is 30.1 Å². The number of nitrogens with one attached hydrogen (secondary N) is 3. The number of benzene rings is 5. The predicted molar refractivity (Wildman–Crippen MR) is 318 cm³/mol. The molecule has 0 saturated carbocycles. The van der Waals surface area contributed by atoms with Crippen LogP contribution in [0.25, 0.3) is 0 Å². The fraction of sp³-hybridized carbons (Fsp3) is 0.450. The molecule has 0 atom stereocenters. The van der Waals surface area contributed by atoms with E-state index in [1.54, 1.807) is 12.1 Å². The van der Waals surface area contributed by atoms with Crippen LogP contribution in [0.2, 0.25) is 0 Å². The van der Waals surface area contributed by atoms with E-state index < -0.39 is 0 Å². The summed E-state index contributed by atoms with van der Waals surface area (Å²) >= 11 is 12.0. The minimum absolute atomic E-state index is 0. The lowest BCUT2D eigenvalue weighted by molar-refractivity contribution is -0.118. The van der Waals surface area contributed by atoms with Crippen LogP contribution < -0.4 is 26.6 Å². The number of rotatable bonds is 6. The van der Waals surface area contributed by atoms with Gasteiger partial charge in [0.25, 0.3) is 0 Å². The molecule has 0 aliphatic carbocycles. The number of hydrogen-bond acceptors (Lipinski definition) is 6. The zero-order valence-corrected chi connectivity index (χ0v) is 51.1. The second-order valence-electron chi connectivity index (χ2n) is 22.9. The van der Waals surface area contributed by atoms with Crippen LogP contribution in [0.5, 0.6) is 0 Å². The highest BCUT2D eigenvalue weighted by atomic mass is 79.9. The summed E-state index contributed by atoms with van der Waals surface area (Å²) in [5, 5.41) is 9.08. The van der Waals surface area contributed by atoms with Crippen molar-refractivity contribution in [2.24, 2.45) is 16.2 Å². The Hall–Kier alpha value is -4.33. The van der Waals surface area contributed by atoms with Crippen molar-refractivity contribution in [3.8, 4) is 0 Å². The molecule has 0 aromatic heterocycles. The molecule has 0 spiro atoms. The number of anilines is 4. The van der Waals surface area contributed by atoms with Crippen LogP contribution >= 0.6 is 55.9 Å². The fourth-order valence-corrected chi connectivity index (χ4v) is 10.1. The minimum atomic E-state index is -0.252. The zero-order valence-electron chi connectivity index (χ0n) is 46.3. The van der Waals surface area contributed by atoms with Crippen LogP contribution in [0.4, 0.5) is 31.5 Å². The van der Waals surface area contributed by atoms with Crippen LogP contribution in [0, 0.1) is 69.4 Å². The Kier molecular flexibility index (Phi) is 26.0. The molecule has 406 valence electrons. The van der Waals surface area contributed by atoms with Crippen molar-refractivity contribution >= 4 is 95.7 Å². The van der Waals surface area contributed by atoms with E-state index in [-0.39, 0.29) is 57.3 Å². The molecular weight excluding hydrogens is 1110 g/mol. The van der Waals surface area contributed by atoms with Crippen LogP contribution in [0.3, 0.4) is 0 Å². The van der Waals surface area contributed by atoms with Crippen molar-refractivity contribution < 1.29 is 23.2 Å². The van der Waals surface area contributed by atoms with E-state index in [1.165, 1.54) is 23.3 Å². The Morgan fingerprint density at radius 1 is 0.595 bits per heavy atom. The van der Waals surface area contributed by atoms with Gasteiger partial charge in [0.2, 0.25) is 17.1 Å². The lowest BCUT2D eigenvalue weighted by Crippen LogP contribution is -2.30. The normalized spacial score (nSPS) is 12.7. The summed E-state index contributed by atoms with van der Waals surface area (Å²) < 4.78 is 28.2. The van der Waals surface area contributed by atoms with Gasteiger partial charge in [0, 0.05) is 70.6 Å². The van der Waals surface area contributed by atoms with Crippen LogP contribution in [0.1, 0.15) is 137 Å². The average Bonchev–Trinajstić information content (AvgIpc) is 3.24. The molecule has 8 nitrogen and oxygen atoms in total. The lowest BCUT2D eigenvalue weighted by atomic mass is 9.92. The van der Waals surface area contributed by atoms with Crippen molar-refractivity contribution in [2.45, 2.75) is 149 Å². The maximum absolute atomic E-state index is 13.4. The molecule has 2 heterocycles. The summed E-state index contributed by atoms with van der Waals surface area (Å²) in [4.78, 5) is 36.8. The number of fused-ring (bicyclic) bond motifs is 2. The third-order valence-corrected chi connectivity index (χ3v) is 12.8. The number of aryl methyl sites for hydroxylation is 6. The highest BCUT2D eigenvalue weighted by molar-refractivity contribution is 9.10. The number of carbonyl (C=O) groups excluding carboxylic acids is 3. The summed E-state index contributed by atoms with van der Waals surface area (Å²) in [7, 11) is 0. The van der Waals surface area contributed by atoms with Gasteiger partial charge in [0.1, 0.15) is 11.6 Å². The molecule has 2 amide bonds. The molecule has 0 unspecified atom stereocenters. The molecule has 0 radical (unpaired) electrons. The molecule has 2 aliphatic heterocycles. The number of carbonyl (C=O) groups is 3. The number of halogens is 6. The molecule has 74 heavy (non-hydrogen) atoms. The molecule has 2 aliphatic rings. The van der Waals surface area contributed by atoms with E-state index in [1.807, 2.05) is 98.7 Å². The van der Waals surface area contributed by atoms with Crippen molar-refractivity contribution in [1.29, 1.82) is 0 Å². The first-order valence-electron chi connectivity index (χ1n) is 24.9. The minimum Gasteiger partial charge on any atom is -0.398 e. The molecule has 0 fully saturated rings. The fourth-order valence-electron chi connectivity index (χ4n) is 8.29. The van der Waals surface area contributed by atoms with Crippen molar-refractivity contribution in [3.63, 3.8) is 0 Å². The van der Waals surface area contributed by atoms with Gasteiger partial charge < -0.3 is 26.6 Å². The Morgan fingerprint density at radius 3 is 1.39 bits per heavy atom. The molecule has 14 heteroatoms. The maximum Gasteiger partial charge on any atom is 0.224 e. The van der Waals surface area contributed by atoms with E-state index in [9.17, 15) is 23.2 Å². The summed E-state index contributed by atoms with van der Waals surface area (Å²) in [5.41, 5.74) is 20.9. The standard InChI is InChI=1S/C23H29FN2O.C14H20BrNO.C9H10FN.C8H10BrN.C6H11ClO.ClH/c1-15-10-20(11-16(2)22(15)25-21(27)13-23(3,4)5)26-9-8-17-12-19(24)7-6-18(17)14-26;1-9-6-11(15)7-10(2)13(9)16-12(17)8-14(3,4)5;10-9-2-1-8-6-11-4-3-7(8)5-9;1-5-3-7(9)4-6(2)8(5)10;1-6(2,3)4-5(7)8;/h6-7,10-12H,8-9,13-14H2,1-5H3,(H,25,27);6-7H,8H2,1-5H3,(H,16,17);1-2,5,11H,3-4,6H2;3-4H,10H2,1-2H3;4H2,1-3H3;1H. The highest BCUT2D eigenvalue weighted by Gasteiger charge is 2.22. The third kappa shape index (κ3) is 23.7. The Labute approximate surface area is 469 Å². The van der Waals surface area contributed by atoms with Crippen LogP contribution in [-0.2, 0) is 40.3 Å². The monoisotopic (exact) mass is 1190 g/mol. The quantitative estimate of drug-likeness (QED) is 0.0994. The van der Waals surface area contributed by atoms with Crippen molar-refractivity contribution in [1.82, 2.24) is 5.32 Å².